The Balaban J connectivity index is 1.46. The molecule has 8 nitrogen and oxygen atoms in total. The van der Waals surface area contributed by atoms with Gasteiger partial charge in [0.25, 0.3) is 0 Å². The molecule has 3 rings (SSSR count). The molecular weight excluding hydrogens is 374 g/mol. The van der Waals surface area contributed by atoms with Gasteiger partial charge in [0, 0.05) is 13.1 Å². The van der Waals surface area contributed by atoms with Gasteiger partial charge in [0.2, 0.25) is 12.7 Å². The van der Waals surface area contributed by atoms with Crippen molar-refractivity contribution in [2.45, 2.75) is 19.9 Å². The van der Waals surface area contributed by atoms with Crippen molar-refractivity contribution in [1.82, 2.24) is 10.6 Å². The predicted molar refractivity (Wildman–Crippen MR) is 107 cm³/mol. The summed E-state index contributed by atoms with van der Waals surface area (Å²) in [5, 5.41) is 5.46. The van der Waals surface area contributed by atoms with E-state index < -0.39 is 11.8 Å². The molecule has 0 aliphatic carbocycles. The molecule has 0 fully saturated rings. The average molecular weight is 399 g/mol. The van der Waals surface area contributed by atoms with Crippen LogP contribution in [0.3, 0.4) is 0 Å². The number of hydrogen-bond acceptors (Lipinski definition) is 5. The number of ether oxygens (including phenoxy) is 3. The first-order chi connectivity index (χ1) is 14.0. The minimum Gasteiger partial charge on any atom is -0.494 e. The third-order valence-corrected chi connectivity index (χ3v) is 4.52. The molecule has 1 aliphatic rings. The number of urea groups is 1. The summed E-state index contributed by atoms with van der Waals surface area (Å²) in [6, 6.07) is 12.6. The molecule has 3 amide bonds. The Kier molecular flexibility index (Phi) is 6.78. The van der Waals surface area contributed by atoms with Gasteiger partial charge in [0.05, 0.1) is 12.5 Å². The van der Waals surface area contributed by atoms with Crippen molar-refractivity contribution >= 4 is 11.9 Å². The molecule has 0 spiro atoms. The molecule has 1 atom stereocenters. The van der Waals surface area contributed by atoms with Crippen LogP contribution >= 0.6 is 0 Å². The Morgan fingerprint density at radius 3 is 2.52 bits per heavy atom. The van der Waals surface area contributed by atoms with E-state index in [0.29, 0.717) is 31.1 Å². The minimum atomic E-state index is -0.510. The van der Waals surface area contributed by atoms with E-state index >= 15 is 0 Å². The Morgan fingerprint density at radius 2 is 1.79 bits per heavy atom. The van der Waals surface area contributed by atoms with Crippen LogP contribution in [0.5, 0.6) is 17.2 Å². The number of nitrogens with two attached hydrogens (primary N) is 1. The number of carbonyl (C=O) groups excluding carboxylic acids is 2. The Hall–Kier alpha value is -3.42. The molecule has 2 aromatic rings. The summed E-state index contributed by atoms with van der Waals surface area (Å²) in [6.07, 6.45) is 0.435. The van der Waals surface area contributed by atoms with Crippen LogP contribution < -0.4 is 30.6 Å². The maximum atomic E-state index is 12.1. The van der Waals surface area contributed by atoms with Gasteiger partial charge in [-0.05, 0) is 48.7 Å². The second kappa shape index (κ2) is 9.68. The molecule has 2 aromatic carbocycles. The second-order valence-corrected chi connectivity index (χ2v) is 6.63. The molecule has 4 N–H and O–H groups in total. The lowest BCUT2D eigenvalue weighted by Gasteiger charge is -2.15. The molecule has 1 heterocycles. The summed E-state index contributed by atoms with van der Waals surface area (Å²) in [4.78, 5) is 23.9. The second-order valence-electron chi connectivity index (χ2n) is 6.63. The molecule has 0 saturated carbocycles. The van der Waals surface area contributed by atoms with Crippen LogP contribution in [0.2, 0.25) is 0 Å². The molecule has 0 bridgehead atoms. The van der Waals surface area contributed by atoms with Crippen LogP contribution in [0, 0.1) is 5.92 Å². The van der Waals surface area contributed by atoms with Gasteiger partial charge in [0.1, 0.15) is 5.75 Å². The van der Waals surface area contributed by atoms with Crippen LogP contribution in [0.25, 0.3) is 0 Å². The lowest BCUT2D eigenvalue weighted by atomic mass is 9.98. The fraction of sp³-hybridized carbons (Fsp3) is 0.333. The van der Waals surface area contributed by atoms with E-state index in [1.54, 1.807) is 6.07 Å². The largest absolute Gasteiger partial charge is 0.494 e. The summed E-state index contributed by atoms with van der Waals surface area (Å²) in [7, 11) is 0. The molecule has 8 heteroatoms. The molecule has 0 radical (unpaired) electrons. The summed E-state index contributed by atoms with van der Waals surface area (Å²) in [5.74, 6) is 1.15. The highest BCUT2D eigenvalue weighted by Gasteiger charge is 2.18. The van der Waals surface area contributed by atoms with Crippen molar-refractivity contribution in [3.63, 3.8) is 0 Å². The fourth-order valence-corrected chi connectivity index (χ4v) is 2.96. The highest BCUT2D eigenvalue weighted by molar-refractivity contribution is 5.79. The summed E-state index contributed by atoms with van der Waals surface area (Å²) in [6.45, 7) is 3.18. The minimum absolute atomic E-state index is 0.148. The number of fused-ring (bicyclic) bond motifs is 1. The van der Waals surface area contributed by atoms with E-state index in [1.807, 2.05) is 43.3 Å². The van der Waals surface area contributed by atoms with E-state index in [9.17, 15) is 9.59 Å². The number of rotatable bonds is 9. The zero-order chi connectivity index (χ0) is 20.6. The SMILES string of the molecule is CCOc1ccc(C[C@@H](CNC(=O)NCc2ccc3c(c2)OCO3)C(N)=O)cc1. The normalized spacial score (nSPS) is 12.9. The third kappa shape index (κ3) is 5.78. The van der Waals surface area contributed by atoms with Crippen molar-refractivity contribution in [1.29, 1.82) is 0 Å². The third-order valence-electron chi connectivity index (χ3n) is 4.52. The standard InChI is InChI=1S/C21H25N3O5/c1-2-27-17-6-3-14(4-7-17)9-16(20(22)25)12-24-21(26)23-11-15-5-8-18-19(10-15)29-13-28-18/h3-8,10,16H,2,9,11-13H2,1H3,(H2,22,25)(H2,23,24,26)/t16-/m0/s1. The van der Waals surface area contributed by atoms with E-state index in [1.165, 1.54) is 0 Å². The zero-order valence-corrected chi connectivity index (χ0v) is 16.3. The van der Waals surface area contributed by atoms with E-state index in [4.69, 9.17) is 19.9 Å². The predicted octanol–water partition coefficient (Wildman–Crippen LogP) is 1.96. The lowest BCUT2D eigenvalue weighted by molar-refractivity contribution is -0.121. The Labute approximate surface area is 169 Å². The lowest BCUT2D eigenvalue weighted by Crippen LogP contribution is -2.41. The maximum Gasteiger partial charge on any atom is 0.315 e. The molecule has 0 aromatic heterocycles. The highest BCUT2D eigenvalue weighted by Crippen LogP contribution is 2.32. The van der Waals surface area contributed by atoms with Crippen LogP contribution in [-0.4, -0.2) is 31.9 Å². The van der Waals surface area contributed by atoms with Crippen molar-refractivity contribution in [2.24, 2.45) is 11.7 Å². The smallest absolute Gasteiger partial charge is 0.315 e. The monoisotopic (exact) mass is 399 g/mol. The van der Waals surface area contributed by atoms with Crippen molar-refractivity contribution in [3.8, 4) is 17.2 Å². The topological polar surface area (TPSA) is 112 Å². The van der Waals surface area contributed by atoms with Crippen LogP contribution in [0.4, 0.5) is 4.79 Å². The summed E-state index contributed by atoms with van der Waals surface area (Å²) in [5.41, 5.74) is 7.33. The molecule has 1 aliphatic heterocycles. The molecular formula is C21H25N3O5. The first kappa shape index (κ1) is 20.3. The number of amides is 3. The average Bonchev–Trinajstić information content (AvgIpc) is 3.18. The quantitative estimate of drug-likeness (QED) is 0.597. The molecule has 29 heavy (non-hydrogen) atoms. The van der Waals surface area contributed by atoms with Gasteiger partial charge in [0.15, 0.2) is 11.5 Å². The van der Waals surface area contributed by atoms with Gasteiger partial charge in [-0.2, -0.15) is 0 Å². The van der Waals surface area contributed by atoms with Crippen LogP contribution in [0.15, 0.2) is 42.5 Å². The maximum absolute atomic E-state index is 12.1. The fourth-order valence-electron chi connectivity index (χ4n) is 2.96. The van der Waals surface area contributed by atoms with Crippen molar-refractivity contribution in [2.75, 3.05) is 19.9 Å². The number of primary amides is 1. The van der Waals surface area contributed by atoms with Gasteiger partial charge in [-0.25, -0.2) is 4.79 Å². The first-order valence-electron chi connectivity index (χ1n) is 9.46. The Morgan fingerprint density at radius 1 is 1.07 bits per heavy atom. The first-order valence-corrected chi connectivity index (χ1v) is 9.46. The van der Waals surface area contributed by atoms with Crippen molar-refractivity contribution < 1.29 is 23.8 Å². The van der Waals surface area contributed by atoms with Crippen molar-refractivity contribution in [3.05, 3.63) is 53.6 Å². The molecule has 0 unspecified atom stereocenters. The number of nitrogens with one attached hydrogen (secondary N) is 2. The van der Waals surface area contributed by atoms with E-state index in [0.717, 1.165) is 16.9 Å². The summed E-state index contributed by atoms with van der Waals surface area (Å²) >= 11 is 0. The highest BCUT2D eigenvalue weighted by atomic mass is 16.7. The van der Waals surface area contributed by atoms with E-state index in [2.05, 4.69) is 10.6 Å². The van der Waals surface area contributed by atoms with Crippen LogP contribution in [-0.2, 0) is 17.8 Å². The van der Waals surface area contributed by atoms with Gasteiger partial charge in [-0.3, -0.25) is 4.79 Å². The zero-order valence-electron chi connectivity index (χ0n) is 16.3. The van der Waals surface area contributed by atoms with Gasteiger partial charge in [-0.1, -0.05) is 18.2 Å². The molecule has 0 saturated heterocycles. The van der Waals surface area contributed by atoms with Gasteiger partial charge in [-0.15, -0.1) is 0 Å². The van der Waals surface area contributed by atoms with Gasteiger partial charge >= 0.3 is 6.03 Å². The number of carbonyl (C=O) groups is 2. The number of benzene rings is 2. The summed E-state index contributed by atoms with van der Waals surface area (Å²) < 4.78 is 16.0. The van der Waals surface area contributed by atoms with Gasteiger partial charge < -0.3 is 30.6 Å². The Bertz CT molecular complexity index is 854. The van der Waals surface area contributed by atoms with E-state index in [-0.39, 0.29) is 19.4 Å². The molecule has 154 valence electrons. The number of hydrogen-bond donors (Lipinski definition) is 3. The van der Waals surface area contributed by atoms with Crippen LogP contribution in [0.1, 0.15) is 18.1 Å².